The second-order valence-corrected chi connectivity index (χ2v) is 7.72. The Morgan fingerprint density at radius 1 is 1.35 bits per heavy atom. The van der Waals surface area contributed by atoms with Gasteiger partial charge in [0.05, 0.1) is 5.56 Å². The van der Waals surface area contributed by atoms with E-state index < -0.39 is 0 Å². The summed E-state index contributed by atoms with van der Waals surface area (Å²) in [5, 5.41) is 17.5. The Morgan fingerprint density at radius 2 is 2.13 bits per heavy atom. The molecule has 120 valence electrons. The van der Waals surface area contributed by atoms with Crippen molar-refractivity contribution < 1.29 is 4.79 Å². The Balaban J connectivity index is 1.80. The molecule has 0 unspecified atom stereocenters. The first-order valence-corrected chi connectivity index (χ1v) is 9.11. The number of aryl methyl sites for hydroxylation is 2. The molecule has 0 spiro atoms. The van der Waals surface area contributed by atoms with Gasteiger partial charge < -0.3 is 5.32 Å². The standard InChI is InChI=1S/C15H16N4O2S2/c1-9-18-19(15(21)22-9)8-13(20)17-14-11(7-16)10-5-3-2-4-6-12(10)23-14/h2-6,8H2,1H3,(H,17,20). The number of anilines is 1. The smallest absolute Gasteiger partial charge is 0.315 e. The molecule has 1 N–H and O–H groups in total. The van der Waals surface area contributed by atoms with Crippen molar-refractivity contribution in [2.45, 2.75) is 45.6 Å². The molecule has 0 atom stereocenters. The van der Waals surface area contributed by atoms with E-state index in [0.29, 0.717) is 15.6 Å². The van der Waals surface area contributed by atoms with E-state index in [2.05, 4.69) is 16.5 Å². The van der Waals surface area contributed by atoms with Gasteiger partial charge in [-0.2, -0.15) is 10.4 Å². The lowest BCUT2D eigenvalue weighted by molar-refractivity contribution is -0.116. The minimum Gasteiger partial charge on any atom is -0.315 e. The summed E-state index contributed by atoms with van der Waals surface area (Å²) in [6.45, 7) is 1.60. The van der Waals surface area contributed by atoms with Gasteiger partial charge in [0.15, 0.2) is 0 Å². The maximum Gasteiger partial charge on any atom is 0.325 e. The molecular formula is C15H16N4O2S2. The third-order valence-corrected chi connectivity index (χ3v) is 5.76. The first-order chi connectivity index (χ1) is 11.1. The molecule has 0 aromatic carbocycles. The third-order valence-electron chi connectivity index (χ3n) is 3.79. The first kappa shape index (κ1) is 15.9. The number of thiophene rings is 1. The summed E-state index contributed by atoms with van der Waals surface area (Å²) in [7, 11) is 0. The number of nitriles is 1. The zero-order valence-electron chi connectivity index (χ0n) is 12.7. The van der Waals surface area contributed by atoms with Gasteiger partial charge in [0, 0.05) is 4.88 Å². The molecular weight excluding hydrogens is 332 g/mol. The van der Waals surface area contributed by atoms with E-state index in [1.165, 1.54) is 22.6 Å². The van der Waals surface area contributed by atoms with Crippen molar-refractivity contribution in [3.8, 4) is 6.07 Å². The molecule has 2 aromatic heterocycles. The van der Waals surface area contributed by atoms with Gasteiger partial charge in [-0.15, -0.1) is 11.3 Å². The lowest BCUT2D eigenvalue weighted by atomic mass is 10.1. The second kappa shape index (κ2) is 6.64. The molecule has 2 aromatic rings. The van der Waals surface area contributed by atoms with E-state index in [1.54, 1.807) is 6.92 Å². The molecule has 0 bridgehead atoms. The Labute approximate surface area is 141 Å². The van der Waals surface area contributed by atoms with Gasteiger partial charge in [-0.1, -0.05) is 17.8 Å². The SMILES string of the molecule is Cc1nn(CC(=O)Nc2sc3c(c2C#N)CCCCC3)c(=O)s1. The van der Waals surface area contributed by atoms with E-state index in [4.69, 9.17) is 0 Å². The van der Waals surface area contributed by atoms with E-state index in [1.807, 2.05) is 0 Å². The van der Waals surface area contributed by atoms with Gasteiger partial charge in [-0.3, -0.25) is 9.59 Å². The second-order valence-electron chi connectivity index (χ2n) is 5.47. The largest absolute Gasteiger partial charge is 0.325 e. The summed E-state index contributed by atoms with van der Waals surface area (Å²) < 4.78 is 1.15. The lowest BCUT2D eigenvalue weighted by Gasteiger charge is -2.03. The van der Waals surface area contributed by atoms with Crippen LogP contribution in [0.3, 0.4) is 0 Å². The third kappa shape index (κ3) is 3.35. The fourth-order valence-corrected chi connectivity index (χ4v) is 4.62. The van der Waals surface area contributed by atoms with E-state index >= 15 is 0 Å². The molecule has 0 aliphatic heterocycles. The molecule has 1 aliphatic carbocycles. The van der Waals surface area contributed by atoms with Crippen molar-refractivity contribution in [2.75, 3.05) is 5.32 Å². The number of hydrogen-bond donors (Lipinski definition) is 1. The van der Waals surface area contributed by atoms with Crippen LogP contribution in [0.25, 0.3) is 0 Å². The number of carbonyl (C=O) groups is 1. The quantitative estimate of drug-likeness (QED) is 0.863. The summed E-state index contributed by atoms with van der Waals surface area (Å²) in [5.41, 5.74) is 1.68. The topological polar surface area (TPSA) is 87.8 Å². The Bertz CT molecular complexity index is 841. The van der Waals surface area contributed by atoms with Crippen molar-refractivity contribution in [3.05, 3.63) is 30.7 Å². The molecule has 0 radical (unpaired) electrons. The minimum atomic E-state index is -0.328. The zero-order valence-corrected chi connectivity index (χ0v) is 14.4. The maximum absolute atomic E-state index is 12.2. The van der Waals surface area contributed by atoms with Crippen LogP contribution in [0.1, 0.15) is 40.3 Å². The Morgan fingerprint density at radius 3 is 2.83 bits per heavy atom. The highest BCUT2D eigenvalue weighted by molar-refractivity contribution is 7.16. The van der Waals surface area contributed by atoms with Crippen molar-refractivity contribution in [3.63, 3.8) is 0 Å². The van der Waals surface area contributed by atoms with Crippen LogP contribution in [-0.4, -0.2) is 15.7 Å². The molecule has 3 rings (SSSR count). The average molecular weight is 348 g/mol. The summed E-state index contributed by atoms with van der Waals surface area (Å²) in [6.07, 6.45) is 5.25. The van der Waals surface area contributed by atoms with E-state index in [0.717, 1.165) is 47.3 Å². The fourth-order valence-electron chi connectivity index (χ4n) is 2.76. The number of rotatable bonds is 3. The highest BCUT2D eigenvalue weighted by atomic mass is 32.1. The molecule has 1 aliphatic rings. The number of nitrogens with zero attached hydrogens (tertiary/aromatic N) is 3. The highest BCUT2D eigenvalue weighted by Crippen LogP contribution is 2.36. The van der Waals surface area contributed by atoms with Gasteiger partial charge in [0.1, 0.15) is 22.6 Å². The number of fused-ring (bicyclic) bond motifs is 1. The van der Waals surface area contributed by atoms with Gasteiger partial charge in [0.2, 0.25) is 5.91 Å². The molecule has 0 saturated heterocycles. The van der Waals surface area contributed by atoms with E-state index in [-0.39, 0.29) is 17.3 Å². The van der Waals surface area contributed by atoms with Crippen LogP contribution >= 0.6 is 22.7 Å². The van der Waals surface area contributed by atoms with Gasteiger partial charge in [-0.25, -0.2) is 4.68 Å². The summed E-state index contributed by atoms with van der Waals surface area (Å²) in [6, 6.07) is 2.23. The van der Waals surface area contributed by atoms with Gasteiger partial charge >= 0.3 is 4.87 Å². The first-order valence-electron chi connectivity index (χ1n) is 7.47. The number of nitrogens with one attached hydrogen (secondary N) is 1. The van der Waals surface area contributed by atoms with Crippen LogP contribution < -0.4 is 10.2 Å². The van der Waals surface area contributed by atoms with Crippen molar-refractivity contribution >= 4 is 33.6 Å². The van der Waals surface area contributed by atoms with Gasteiger partial charge in [0.25, 0.3) is 0 Å². The van der Waals surface area contributed by atoms with Crippen LogP contribution in [0.15, 0.2) is 4.79 Å². The molecule has 23 heavy (non-hydrogen) atoms. The van der Waals surface area contributed by atoms with Crippen molar-refractivity contribution in [1.82, 2.24) is 9.78 Å². The predicted molar refractivity (Wildman–Crippen MR) is 90.0 cm³/mol. The molecule has 0 fully saturated rings. The Kier molecular flexibility index (Phi) is 4.59. The monoisotopic (exact) mass is 348 g/mol. The summed E-state index contributed by atoms with van der Waals surface area (Å²) in [4.78, 5) is 24.8. The minimum absolute atomic E-state index is 0.128. The van der Waals surface area contributed by atoms with Crippen LogP contribution in [0.5, 0.6) is 0 Å². The van der Waals surface area contributed by atoms with Crippen LogP contribution in [0, 0.1) is 18.3 Å². The maximum atomic E-state index is 12.2. The number of aromatic nitrogens is 2. The molecule has 6 nitrogen and oxygen atoms in total. The van der Waals surface area contributed by atoms with Crippen LogP contribution in [0.2, 0.25) is 0 Å². The molecule has 8 heteroatoms. The summed E-state index contributed by atoms with van der Waals surface area (Å²) >= 11 is 2.50. The average Bonchev–Trinajstić information content (AvgIpc) is 2.87. The predicted octanol–water partition coefficient (Wildman–Crippen LogP) is 2.45. The lowest BCUT2D eigenvalue weighted by Crippen LogP contribution is -2.25. The molecule has 1 amide bonds. The van der Waals surface area contributed by atoms with Gasteiger partial charge in [-0.05, 0) is 38.2 Å². The fraction of sp³-hybridized carbons (Fsp3) is 0.467. The molecule has 2 heterocycles. The summed E-state index contributed by atoms with van der Waals surface area (Å²) in [5.74, 6) is -0.328. The highest BCUT2D eigenvalue weighted by Gasteiger charge is 2.21. The number of hydrogen-bond acceptors (Lipinski definition) is 6. The van der Waals surface area contributed by atoms with Crippen LogP contribution in [0.4, 0.5) is 5.00 Å². The number of carbonyl (C=O) groups excluding carboxylic acids is 1. The molecule has 0 saturated carbocycles. The zero-order chi connectivity index (χ0) is 16.4. The van der Waals surface area contributed by atoms with Crippen molar-refractivity contribution in [1.29, 1.82) is 5.26 Å². The van der Waals surface area contributed by atoms with Crippen molar-refractivity contribution in [2.24, 2.45) is 0 Å². The number of amides is 1. The van der Waals surface area contributed by atoms with Crippen LogP contribution in [-0.2, 0) is 24.2 Å². The van der Waals surface area contributed by atoms with E-state index in [9.17, 15) is 14.9 Å². The Hall–Kier alpha value is -1.98. The normalized spacial score (nSPS) is 13.9.